The number of fused-ring (bicyclic) bond motifs is 1. The van der Waals surface area contributed by atoms with E-state index in [9.17, 15) is 10.5 Å². The monoisotopic (exact) mass is 537 g/mol. The van der Waals surface area contributed by atoms with Crippen molar-refractivity contribution in [2.24, 2.45) is 5.73 Å². The average Bonchev–Trinajstić information content (AvgIpc) is 3.56. The summed E-state index contributed by atoms with van der Waals surface area (Å²) in [5.41, 5.74) is 11.9. The van der Waals surface area contributed by atoms with Crippen molar-refractivity contribution in [1.82, 2.24) is 29.3 Å². The molecule has 0 amide bonds. The second-order valence-corrected chi connectivity index (χ2v) is 9.69. The van der Waals surface area contributed by atoms with E-state index in [1.165, 1.54) is 11.6 Å². The minimum atomic E-state index is -0.409. The molecule has 1 saturated heterocycles. The average molecular weight is 538 g/mol. The first kappa shape index (κ1) is 25.9. The molecule has 1 aliphatic rings. The SMILES string of the molecule is Cc1c(-c2cc(OC(C)c3ccccc3/C(N)=C/C=S)n3c(C#N)cnc3c2)nnn1C1CCN(C#N)CC1. The molecule has 5 rings (SSSR count). The first-order valence-electron chi connectivity index (χ1n) is 12.6. The van der Waals surface area contributed by atoms with Crippen LogP contribution in [0.2, 0.25) is 0 Å². The van der Waals surface area contributed by atoms with Crippen LogP contribution in [0.1, 0.15) is 54.4 Å². The van der Waals surface area contributed by atoms with Crippen molar-refractivity contribution in [2.75, 3.05) is 13.1 Å². The second-order valence-electron chi connectivity index (χ2n) is 9.42. The highest BCUT2D eigenvalue weighted by molar-refractivity contribution is 7.79. The Morgan fingerprint density at radius 1 is 1.23 bits per heavy atom. The summed E-state index contributed by atoms with van der Waals surface area (Å²) >= 11 is 4.96. The zero-order chi connectivity index (χ0) is 27.5. The van der Waals surface area contributed by atoms with Crippen molar-refractivity contribution in [3.8, 4) is 29.4 Å². The zero-order valence-corrected chi connectivity index (χ0v) is 22.5. The first-order valence-corrected chi connectivity index (χ1v) is 13.1. The molecule has 11 heteroatoms. The van der Waals surface area contributed by atoms with Gasteiger partial charge in [-0.15, -0.1) is 5.10 Å². The van der Waals surface area contributed by atoms with Crippen LogP contribution < -0.4 is 10.5 Å². The van der Waals surface area contributed by atoms with Gasteiger partial charge in [-0.05, 0) is 38.8 Å². The largest absolute Gasteiger partial charge is 0.471 e. The number of likely N-dealkylation sites (tertiary alicyclic amines) is 1. The van der Waals surface area contributed by atoms with Crippen LogP contribution in [0.15, 0.2) is 48.7 Å². The lowest BCUT2D eigenvalue weighted by Gasteiger charge is -2.28. The Morgan fingerprint density at radius 3 is 2.72 bits per heavy atom. The number of allylic oxidation sites excluding steroid dienone is 1. The van der Waals surface area contributed by atoms with E-state index in [0.717, 1.165) is 35.2 Å². The molecule has 1 aliphatic heterocycles. The number of piperidine rings is 1. The first-order chi connectivity index (χ1) is 18.9. The van der Waals surface area contributed by atoms with Gasteiger partial charge >= 0.3 is 0 Å². The fourth-order valence-electron chi connectivity index (χ4n) is 5.07. The van der Waals surface area contributed by atoms with E-state index >= 15 is 0 Å². The van der Waals surface area contributed by atoms with E-state index in [2.05, 4.69) is 27.6 Å². The van der Waals surface area contributed by atoms with E-state index in [4.69, 9.17) is 22.7 Å². The number of benzene rings is 1. The lowest BCUT2D eigenvalue weighted by molar-refractivity contribution is 0.214. The van der Waals surface area contributed by atoms with E-state index in [-0.39, 0.29) is 6.04 Å². The van der Waals surface area contributed by atoms with Crippen molar-refractivity contribution >= 4 is 28.9 Å². The smallest absolute Gasteiger partial charge is 0.201 e. The van der Waals surface area contributed by atoms with Crippen LogP contribution in [0.5, 0.6) is 5.88 Å². The number of hydrogen-bond donors (Lipinski definition) is 1. The van der Waals surface area contributed by atoms with Crippen molar-refractivity contribution in [3.05, 3.63) is 71.2 Å². The van der Waals surface area contributed by atoms with Gasteiger partial charge in [-0.2, -0.15) is 10.5 Å². The highest BCUT2D eigenvalue weighted by Gasteiger charge is 2.25. The highest BCUT2D eigenvalue weighted by Crippen LogP contribution is 2.33. The number of aromatic nitrogens is 5. The summed E-state index contributed by atoms with van der Waals surface area (Å²) in [6, 6.07) is 13.8. The Kier molecular flexibility index (Phi) is 7.26. The maximum atomic E-state index is 9.74. The van der Waals surface area contributed by atoms with Crippen molar-refractivity contribution in [3.63, 3.8) is 0 Å². The minimum Gasteiger partial charge on any atom is -0.471 e. The quantitative estimate of drug-likeness (QED) is 0.208. The summed E-state index contributed by atoms with van der Waals surface area (Å²) in [7, 11) is 0. The van der Waals surface area contributed by atoms with Gasteiger partial charge in [0.2, 0.25) is 5.88 Å². The third-order valence-electron chi connectivity index (χ3n) is 7.10. The molecule has 0 saturated carbocycles. The number of nitrogens with two attached hydrogens (primary N) is 1. The minimum absolute atomic E-state index is 0.175. The molecule has 0 spiro atoms. The molecule has 196 valence electrons. The fourth-order valence-corrected chi connectivity index (χ4v) is 5.21. The number of nitrogens with zero attached hydrogens (tertiary/aromatic N) is 8. The predicted octanol–water partition coefficient (Wildman–Crippen LogP) is 4.33. The van der Waals surface area contributed by atoms with Gasteiger partial charge in [0.05, 0.1) is 17.9 Å². The summed E-state index contributed by atoms with van der Waals surface area (Å²) in [6.07, 6.45) is 6.67. The number of nitriles is 2. The number of rotatable bonds is 7. The third-order valence-corrected chi connectivity index (χ3v) is 7.23. The van der Waals surface area contributed by atoms with E-state index in [0.29, 0.717) is 41.7 Å². The molecule has 1 aromatic carbocycles. The van der Waals surface area contributed by atoms with Crippen LogP contribution in [0.4, 0.5) is 0 Å². The molecule has 39 heavy (non-hydrogen) atoms. The Balaban J connectivity index is 1.53. The standard InChI is InChI=1S/C28H27N9OS/c1-18-28(33-34-37(18)21-7-10-35(17-30)11-8-21)20-13-26-32-16-22(15-29)36(26)27(14-20)38-19(2)23-5-3-4-6-24(23)25(31)9-12-39/h3-6,9,12-14,16,19,21H,7-8,10-11,31H2,1-2H3/b25-9-. The summed E-state index contributed by atoms with van der Waals surface area (Å²) in [4.78, 5) is 6.22. The maximum absolute atomic E-state index is 9.74. The predicted molar refractivity (Wildman–Crippen MR) is 150 cm³/mol. The molecular weight excluding hydrogens is 510 g/mol. The summed E-state index contributed by atoms with van der Waals surface area (Å²) in [6.45, 7) is 5.33. The van der Waals surface area contributed by atoms with Gasteiger partial charge in [-0.3, -0.25) is 4.40 Å². The lowest BCUT2D eigenvalue weighted by atomic mass is 10.0. The highest BCUT2D eigenvalue weighted by atomic mass is 32.1. The van der Waals surface area contributed by atoms with Gasteiger partial charge in [0.1, 0.15) is 29.2 Å². The molecular formula is C28H27N9OS. The van der Waals surface area contributed by atoms with Crippen LogP contribution in [-0.4, -0.2) is 47.7 Å². The number of imidazole rings is 1. The van der Waals surface area contributed by atoms with Gasteiger partial charge in [0, 0.05) is 46.9 Å². The normalized spacial score (nSPS) is 15.1. The van der Waals surface area contributed by atoms with E-state index in [1.54, 1.807) is 15.4 Å². The van der Waals surface area contributed by atoms with Crippen LogP contribution in [0.25, 0.3) is 22.6 Å². The molecule has 2 N–H and O–H groups in total. The number of thiocarbonyl (C=S) groups is 1. The molecule has 3 aromatic heterocycles. The van der Waals surface area contributed by atoms with Crippen molar-refractivity contribution < 1.29 is 4.74 Å². The molecule has 0 radical (unpaired) electrons. The Hall–Kier alpha value is -4.74. The van der Waals surface area contributed by atoms with Crippen LogP contribution >= 0.6 is 12.2 Å². The Morgan fingerprint density at radius 2 is 2.00 bits per heavy atom. The van der Waals surface area contributed by atoms with Crippen LogP contribution in [-0.2, 0) is 0 Å². The molecule has 4 aromatic rings. The summed E-state index contributed by atoms with van der Waals surface area (Å²) < 4.78 is 10.1. The fraction of sp³-hybridized carbons (Fsp3) is 0.286. The molecule has 0 aliphatic carbocycles. The van der Waals surface area contributed by atoms with Gasteiger partial charge < -0.3 is 15.4 Å². The summed E-state index contributed by atoms with van der Waals surface area (Å²) in [5.74, 6) is 0.451. The van der Waals surface area contributed by atoms with Crippen LogP contribution in [0.3, 0.4) is 0 Å². The molecule has 1 fully saturated rings. The third kappa shape index (κ3) is 4.92. The molecule has 10 nitrogen and oxygen atoms in total. The van der Waals surface area contributed by atoms with Gasteiger partial charge in [-0.25, -0.2) is 9.67 Å². The number of hydrogen-bond acceptors (Lipinski definition) is 9. The van der Waals surface area contributed by atoms with Gasteiger partial charge in [-0.1, -0.05) is 41.7 Å². The summed E-state index contributed by atoms with van der Waals surface area (Å²) in [5, 5.41) is 29.4. The van der Waals surface area contributed by atoms with E-state index < -0.39 is 6.10 Å². The van der Waals surface area contributed by atoms with Crippen molar-refractivity contribution in [2.45, 2.75) is 38.8 Å². The topological polar surface area (TPSA) is 134 Å². The molecule has 1 unspecified atom stereocenters. The Bertz CT molecular complexity index is 1650. The lowest BCUT2D eigenvalue weighted by Crippen LogP contribution is -2.31. The molecule has 0 bridgehead atoms. The van der Waals surface area contributed by atoms with Gasteiger partial charge in [0.25, 0.3) is 0 Å². The number of pyridine rings is 1. The number of ether oxygens (including phenoxy) is 1. The second kappa shape index (κ2) is 10.9. The maximum Gasteiger partial charge on any atom is 0.201 e. The Labute approximate surface area is 231 Å². The van der Waals surface area contributed by atoms with Crippen LogP contribution in [0, 0.1) is 29.7 Å². The molecule has 1 atom stereocenters. The van der Waals surface area contributed by atoms with Gasteiger partial charge in [0.15, 0.2) is 6.19 Å². The van der Waals surface area contributed by atoms with E-state index in [1.807, 2.05) is 54.9 Å². The molecule has 4 heterocycles. The van der Waals surface area contributed by atoms with Crippen molar-refractivity contribution in [1.29, 1.82) is 10.5 Å². The zero-order valence-electron chi connectivity index (χ0n) is 21.7.